The molecule has 1 aliphatic heterocycles. The number of rotatable bonds is 4. The molecule has 23 heavy (non-hydrogen) atoms. The van der Waals surface area contributed by atoms with Gasteiger partial charge in [-0.05, 0) is 31.0 Å². The van der Waals surface area contributed by atoms with E-state index >= 15 is 0 Å². The summed E-state index contributed by atoms with van der Waals surface area (Å²) in [7, 11) is 1.82. The number of aromatic nitrogens is 2. The van der Waals surface area contributed by atoms with Crippen molar-refractivity contribution >= 4 is 18.3 Å². The van der Waals surface area contributed by atoms with E-state index in [1.54, 1.807) is 4.90 Å². The summed E-state index contributed by atoms with van der Waals surface area (Å²) in [5.41, 5.74) is 1.64. The van der Waals surface area contributed by atoms with Crippen LogP contribution in [0, 0.1) is 0 Å². The summed E-state index contributed by atoms with van der Waals surface area (Å²) >= 11 is 0. The van der Waals surface area contributed by atoms with Crippen LogP contribution in [0.4, 0.5) is 0 Å². The molecule has 1 aromatic heterocycles. The van der Waals surface area contributed by atoms with Gasteiger partial charge in [-0.25, -0.2) is 0 Å². The van der Waals surface area contributed by atoms with Crippen LogP contribution in [-0.2, 0) is 6.54 Å². The lowest BCUT2D eigenvalue weighted by Gasteiger charge is -2.23. The normalized spacial score (nSPS) is 17.3. The molecule has 1 unspecified atom stereocenters. The van der Waals surface area contributed by atoms with Crippen molar-refractivity contribution < 1.29 is 4.79 Å². The maximum Gasteiger partial charge on any atom is 0.274 e. The van der Waals surface area contributed by atoms with Crippen molar-refractivity contribution in [2.24, 2.45) is 0 Å². The molecule has 1 amide bonds. The number of nitrogens with zero attached hydrogens (tertiary/aromatic N) is 3. The third-order valence-corrected chi connectivity index (χ3v) is 4.08. The molecule has 1 aromatic carbocycles. The standard InChI is InChI=1S/C17H22N4O.ClH/c1-20(13-14-6-3-2-4-7-14)17(22)16-9-11-21(19-16)15-8-5-10-18-12-15;/h2-4,6-7,9,11,15,18H,5,8,10,12-13H2,1H3;1H. The van der Waals surface area contributed by atoms with Crippen LogP contribution in [0.15, 0.2) is 42.6 Å². The second kappa shape index (κ2) is 8.13. The van der Waals surface area contributed by atoms with Crippen LogP contribution in [-0.4, -0.2) is 40.7 Å². The van der Waals surface area contributed by atoms with Gasteiger partial charge in [-0.2, -0.15) is 5.10 Å². The van der Waals surface area contributed by atoms with Gasteiger partial charge < -0.3 is 10.2 Å². The fourth-order valence-electron chi connectivity index (χ4n) is 2.84. The quantitative estimate of drug-likeness (QED) is 0.934. The molecule has 2 aromatic rings. The molecular formula is C17H23ClN4O. The number of benzene rings is 1. The van der Waals surface area contributed by atoms with E-state index in [4.69, 9.17) is 0 Å². The molecule has 3 rings (SSSR count). The van der Waals surface area contributed by atoms with Gasteiger partial charge in [-0.15, -0.1) is 12.4 Å². The fourth-order valence-corrected chi connectivity index (χ4v) is 2.84. The molecule has 124 valence electrons. The smallest absolute Gasteiger partial charge is 0.274 e. The highest BCUT2D eigenvalue weighted by Gasteiger charge is 2.19. The number of carbonyl (C=O) groups excluding carboxylic acids is 1. The van der Waals surface area contributed by atoms with E-state index < -0.39 is 0 Å². The summed E-state index contributed by atoms with van der Waals surface area (Å²) in [4.78, 5) is 14.2. The molecular weight excluding hydrogens is 312 g/mol. The maximum atomic E-state index is 12.5. The van der Waals surface area contributed by atoms with Gasteiger partial charge in [0.15, 0.2) is 0 Å². The second-order valence-corrected chi connectivity index (χ2v) is 5.83. The first-order chi connectivity index (χ1) is 10.7. The van der Waals surface area contributed by atoms with E-state index in [-0.39, 0.29) is 18.3 Å². The van der Waals surface area contributed by atoms with E-state index in [9.17, 15) is 4.79 Å². The third-order valence-electron chi connectivity index (χ3n) is 4.08. The number of piperidine rings is 1. The van der Waals surface area contributed by atoms with Crippen LogP contribution in [0.5, 0.6) is 0 Å². The monoisotopic (exact) mass is 334 g/mol. The zero-order chi connectivity index (χ0) is 15.4. The molecule has 6 heteroatoms. The molecule has 5 nitrogen and oxygen atoms in total. The number of hydrogen-bond donors (Lipinski definition) is 1. The Morgan fingerprint density at radius 1 is 1.35 bits per heavy atom. The minimum Gasteiger partial charge on any atom is -0.336 e. The summed E-state index contributed by atoms with van der Waals surface area (Å²) in [6, 6.07) is 12.2. The van der Waals surface area contributed by atoms with Crippen molar-refractivity contribution in [3.05, 3.63) is 53.9 Å². The minimum atomic E-state index is -0.0358. The minimum absolute atomic E-state index is 0. The molecule has 0 spiro atoms. The topological polar surface area (TPSA) is 50.2 Å². The van der Waals surface area contributed by atoms with Crippen molar-refractivity contribution in [1.29, 1.82) is 0 Å². The van der Waals surface area contributed by atoms with E-state index in [1.165, 1.54) is 0 Å². The fraction of sp³-hybridized carbons (Fsp3) is 0.412. The van der Waals surface area contributed by atoms with E-state index in [2.05, 4.69) is 10.4 Å². The third kappa shape index (κ3) is 4.33. The average molecular weight is 335 g/mol. The zero-order valence-corrected chi connectivity index (χ0v) is 14.1. The average Bonchev–Trinajstić information content (AvgIpc) is 3.06. The highest BCUT2D eigenvalue weighted by Crippen LogP contribution is 2.16. The number of halogens is 1. The molecule has 1 aliphatic rings. The van der Waals surface area contributed by atoms with Gasteiger partial charge in [0.2, 0.25) is 0 Å². The first-order valence-corrected chi connectivity index (χ1v) is 7.79. The first kappa shape index (κ1) is 17.5. The molecule has 0 aliphatic carbocycles. The Hall–Kier alpha value is -1.85. The molecule has 0 bridgehead atoms. The van der Waals surface area contributed by atoms with Gasteiger partial charge in [0.05, 0.1) is 6.04 Å². The lowest BCUT2D eigenvalue weighted by molar-refractivity contribution is 0.0778. The Bertz CT molecular complexity index is 623. The zero-order valence-electron chi connectivity index (χ0n) is 13.3. The first-order valence-electron chi connectivity index (χ1n) is 7.79. The van der Waals surface area contributed by atoms with E-state index in [0.29, 0.717) is 18.3 Å². The molecule has 0 saturated carbocycles. The Kier molecular flexibility index (Phi) is 6.19. The molecule has 1 N–H and O–H groups in total. The van der Waals surface area contributed by atoms with E-state index in [1.807, 2.05) is 54.3 Å². The summed E-state index contributed by atoms with van der Waals surface area (Å²) in [6.07, 6.45) is 4.19. The van der Waals surface area contributed by atoms with Crippen molar-refractivity contribution in [2.75, 3.05) is 20.1 Å². The Balaban J connectivity index is 0.00000192. The highest BCUT2D eigenvalue weighted by atomic mass is 35.5. The van der Waals surface area contributed by atoms with Crippen molar-refractivity contribution in [3.8, 4) is 0 Å². The molecule has 1 saturated heterocycles. The van der Waals surface area contributed by atoms with Gasteiger partial charge in [0.25, 0.3) is 5.91 Å². The predicted octanol–water partition coefficient (Wildman–Crippen LogP) is 2.50. The summed E-state index contributed by atoms with van der Waals surface area (Å²) in [6.45, 7) is 2.59. The number of hydrogen-bond acceptors (Lipinski definition) is 3. The molecule has 2 heterocycles. The summed E-state index contributed by atoms with van der Waals surface area (Å²) in [5.74, 6) is -0.0358. The van der Waals surface area contributed by atoms with E-state index in [0.717, 1.165) is 31.5 Å². The van der Waals surface area contributed by atoms with Crippen molar-refractivity contribution in [1.82, 2.24) is 20.0 Å². The highest BCUT2D eigenvalue weighted by molar-refractivity contribution is 5.91. The number of amides is 1. The van der Waals surface area contributed by atoms with Gasteiger partial charge in [-0.3, -0.25) is 9.48 Å². The lowest BCUT2D eigenvalue weighted by Crippen LogP contribution is -2.32. The van der Waals surface area contributed by atoms with Crippen LogP contribution in [0.1, 0.15) is 34.9 Å². The Morgan fingerprint density at radius 3 is 2.83 bits per heavy atom. The molecule has 1 atom stereocenters. The summed E-state index contributed by atoms with van der Waals surface area (Å²) < 4.78 is 1.93. The molecule has 0 radical (unpaired) electrons. The lowest BCUT2D eigenvalue weighted by atomic mass is 10.1. The second-order valence-electron chi connectivity index (χ2n) is 5.83. The van der Waals surface area contributed by atoms with Gasteiger partial charge in [0, 0.05) is 26.3 Å². The van der Waals surface area contributed by atoms with Gasteiger partial charge >= 0.3 is 0 Å². The van der Waals surface area contributed by atoms with Crippen LogP contribution in [0.3, 0.4) is 0 Å². The van der Waals surface area contributed by atoms with Crippen molar-refractivity contribution in [2.45, 2.75) is 25.4 Å². The van der Waals surface area contributed by atoms with Gasteiger partial charge in [0.1, 0.15) is 5.69 Å². The molecule has 1 fully saturated rings. The number of nitrogens with one attached hydrogen (secondary N) is 1. The predicted molar refractivity (Wildman–Crippen MR) is 92.9 cm³/mol. The number of carbonyl (C=O) groups is 1. The van der Waals surface area contributed by atoms with Crippen molar-refractivity contribution in [3.63, 3.8) is 0 Å². The Morgan fingerprint density at radius 2 is 2.13 bits per heavy atom. The Labute approximate surface area is 143 Å². The SMILES string of the molecule is CN(Cc1ccccc1)C(=O)c1ccn(C2CCCNC2)n1.Cl. The van der Waals surface area contributed by atoms with Crippen LogP contribution >= 0.6 is 12.4 Å². The summed E-state index contributed by atoms with van der Waals surface area (Å²) in [5, 5.41) is 7.85. The van der Waals surface area contributed by atoms with Gasteiger partial charge in [-0.1, -0.05) is 30.3 Å². The van der Waals surface area contributed by atoms with Crippen LogP contribution in [0.2, 0.25) is 0 Å². The van der Waals surface area contributed by atoms with Crippen LogP contribution in [0.25, 0.3) is 0 Å². The van der Waals surface area contributed by atoms with Crippen LogP contribution < -0.4 is 5.32 Å². The largest absolute Gasteiger partial charge is 0.336 e. The maximum absolute atomic E-state index is 12.5.